The van der Waals surface area contributed by atoms with Gasteiger partial charge in [-0.05, 0) is 19.4 Å². The number of hydrogen-bond acceptors (Lipinski definition) is 2. The highest BCUT2D eigenvalue weighted by atomic mass is 16.5. The third-order valence-electron chi connectivity index (χ3n) is 2.42. The minimum Gasteiger partial charge on any atom is -0.502 e. The van der Waals surface area contributed by atoms with Gasteiger partial charge in [0.1, 0.15) is 0 Å². The molecule has 1 atom stereocenters. The van der Waals surface area contributed by atoms with Crippen molar-refractivity contribution in [3.63, 3.8) is 0 Å². The van der Waals surface area contributed by atoms with Crippen molar-refractivity contribution in [2.75, 3.05) is 7.11 Å². The van der Waals surface area contributed by atoms with Gasteiger partial charge in [0, 0.05) is 12.1 Å². The van der Waals surface area contributed by atoms with Crippen molar-refractivity contribution in [3.8, 4) is 0 Å². The molecule has 2 nitrogen and oxygen atoms in total. The molecule has 0 heterocycles. The molecule has 0 saturated carbocycles. The van der Waals surface area contributed by atoms with Crippen LogP contribution in [0.4, 0.5) is 0 Å². The maximum Gasteiger partial charge on any atom is 0.0905 e. The zero-order valence-electron chi connectivity index (χ0n) is 10.2. The molecule has 1 unspecified atom stereocenters. The molecule has 1 aromatic carbocycles. The molecule has 0 fully saturated rings. The minimum absolute atomic E-state index is 0.202. The molecule has 0 N–H and O–H groups in total. The summed E-state index contributed by atoms with van der Waals surface area (Å²) in [5.41, 5.74) is 2.22. The van der Waals surface area contributed by atoms with E-state index in [-0.39, 0.29) is 6.04 Å². The summed E-state index contributed by atoms with van der Waals surface area (Å²) >= 11 is 0. The van der Waals surface area contributed by atoms with E-state index >= 15 is 0 Å². The lowest BCUT2D eigenvalue weighted by Gasteiger charge is -2.10. The van der Waals surface area contributed by atoms with Crippen LogP contribution >= 0.6 is 0 Å². The second kappa shape index (κ2) is 6.11. The molecule has 0 aliphatic heterocycles. The molecule has 0 amide bonds. The average Bonchev–Trinajstić information content (AvgIpc) is 2.29. The molecule has 16 heavy (non-hydrogen) atoms. The number of rotatable bonds is 5. The Hall–Kier alpha value is -1.57. The van der Waals surface area contributed by atoms with Crippen molar-refractivity contribution in [1.29, 1.82) is 0 Å². The van der Waals surface area contributed by atoms with Crippen LogP contribution in [0.15, 0.2) is 47.7 Å². The van der Waals surface area contributed by atoms with E-state index in [1.54, 1.807) is 7.11 Å². The number of hydrogen-bond donors (Lipinski definition) is 0. The van der Waals surface area contributed by atoms with Crippen LogP contribution < -0.4 is 0 Å². The average molecular weight is 217 g/mol. The van der Waals surface area contributed by atoms with E-state index in [2.05, 4.69) is 30.6 Å². The van der Waals surface area contributed by atoms with Gasteiger partial charge in [0.25, 0.3) is 0 Å². The Kier molecular flexibility index (Phi) is 4.77. The molecule has 0 radical (unpaired) electrons. The first-order chi connectivity index (χ1) is 7.63. The lowest BCUT2D eigenvalue weighted by atomic mass is 10.1. The molecule has 0 spiro atoms. The molecule has 0 aliphatic rings. The van der Waals surface area contributed by atoms with Crippen molar-refractivity contribution in [2.45, 2.75) is 26.3 Å². The fourth-order valence-corrected chi connectivity index (χ4v) is 1.54. The van der Waals surface area contributed by atoms with E-state index in [4.69, 9.17) is 4.74 Å². The first kappa shape index (κ1) is 12.5. The number of methoxy groups -OCH3 is 1. The second-order valence-electron chi connectivity index (χ2n) is 3.88. The fraction of sp³-hybridized carbons (Fsp3) is 0.357. The number of aliphatic imine (C=N–C) groups is 1. The second-order valence-corrected chi connectivity index (χ2v) is 3.88. The van der Waals surface area contributed by atoms with Gasteiger partial charge < -0.3 is 4.74 Å². The van der Waals surface area contributed by atoms with Crippen molar-refractivity contribution >= 4 is 5.71 Å². The van der Waals surface area contributed by atoms with Gasteiger partial charge in [0.15, 0.2) is 0 Å². The number of nitrogens with zero attached hydrogens (tertiary/aromatic N) is 1. The highest BCUT2D eigenvalue weighted by molar-refractivity contribution is 5.98. The van der Waals surface area contributed by atoms with E-state index in [9.17, 15) is 0 Å². The quantitative estimate of drug-likeness (QED) is 0.547. The number of ether oxygens (including phenoxy) is 1. The normalized spacial score (nSPS) is 13.3. The van der Waals surface area contributed by atoms with E-state index < -0.39 is 0 Å². The molecule has 0 bridgehead atoms. The molecule has 86 valence electrons. The van der Waals surface area contributed by atoms with E-state index in [0.717, 1.165) is 23.5 Å². The molecule has 0 aliphatic carbocycles. The van der Waals surface area contributed by atoms with Crippen LogP contribution in [0, 0.1) is 0 Å². The maximum absolute atomic E-state index is 5.04. The molecule has 0 saturated heterocycles. The lowest BCUT2D eigenvalue weighted by molar-refractivity contribution is 0.274. The lowest BCUT2D eigenvalue weighted by Crippen LogP contribution is -2.05. The zero-order valence-corrected chi connectivity index (χ0v) is 10.2. The summed E-state index contributed by atoms with van der Waals surface area (Å²) in [4.78, 5) is 4.61. The van der Waals surface area contributed by atoms with Crippen molar-refractivity contribution in [3.05, 3.63) is 48.2 Å². The zero-order chi connectivity index (χ0) is 12.0. The van der Waals surface area contributed by atoms with E-state index in [1.165, 1.54) is 0 Å². The molecular formula is C14H19NO. The van der Waals surface area contributed by atoms with Gasteiger partial charge in [-0.1, -0.05) is 36.9 Å². The van der Waals surface area contributed by atoms with Crippen LogP contribution in [0.2, 0.25) is 0 Å². The summed E-state index contributed by atoms with van der Waals surface area (Å²) in [5.74, 6) is 0.775. The fourth-order valence-electron chi connectivity index (χ4n) is 1.54. The summed E-state index contributed by atoms with van der Waals surface area (Å²) in [6, 6.07) is 10.4. The first-order valence-electron chi connectivity index (χ1n) is 5.45. The Morgan fingerprint density at radius 3 is 2.56 bits per heavy atom. The van der Waals surface area contributed by atoms with Crippen molar-refractivity contribution in [2.24, 2.45) is 4.99 Å². The molecule has 1 aromatic rings. The summed E-state index contributed by atoms with van der Waals surface area (Å²) in [5, 5.41) is 0. The third-order valence-corrected chi connectivity index (χ3v) is 2.42. The minimum atomic E-state index is 0.202. The monoisotopic (exact) mass is 217 g/mol. The largest absolute Gasteiger partial charge is 0.502 e. The SMILES string of the molecule is C=C(CC(C)N=C(C)c1ccccc1)OC. The summed E-state index contributed by atoms with van der Waals surface area (Å²) in [6.07, 6.45) is 0.765. The van der Waals surface area contributed by atoms with Crippen LogP contribution in [0.3, 0.4) is 0 Å². The Morgan fingerprint density at radius 1 is 1.38 bits per heavy atom. The highest BCUT2D eigenvalue weighted by Crippen LogP contribution is 2.09. The van der Waals surface area contributed by atoms with Gasteiger partial charge in [-0.2, -0.15) is 0 Å². The Labute approximate surface area is 97.7 Å². The van der Waals surface area contributed by atoms with Crippen LogP contribution in [0.1, 0.15) is 25.8 Å². The Morgan fingerprint density at radius 2 is 2.00 bits per heavy atom. The standard InChI is InChI=1S/C14H19NO/c1-11(10-12(2)16-4)15-13(3)14-8-6-5-7-9-14/h5-9,11H,2,10H2,1,3-4H3. The van der Waals surface area contributed by atoms with Gasteiger partial charge in [-0.25, -0.2) is 0 Å². The summed E-state index contributed by atoms with van der Waals surface area (Å²) in [6.45, 7) is 7.90. The first-order valence-corrected chi connectivity index (χ1v) is 5.45. The summed E-state index contributed by atoms with van der Waals surface area (Å²) < 4.78 is 5.04. The van der Waals surface area contributed by atoms with Crippen molar-refractivity contribution in [1.82, 2.24) is 0 Å². The predicted octanol–water partition coefficient (Wildman–Crippen LogP) is 3.43. The predicted molar refractivity (Wildman–Crippen MR) is 68.9 cm³/mol. The van der Waals surface area contributed by atoms with Gasteiger partial charge in [0.2, 0.25) is 0 Å². The maximum atomic E-state index is 5.04. The van der Waals surface area contributed by atoms with Gasteiger partial charge in [0.05, 0.1) is 18.9 Å². The third kappa shape index (κ3) is 3.89. The molecular weight excluding hydrogens is 198 g/mol. The van der Waals surface area contributed by atoms with Gasteiger partial charge in [-0.15, -0.1) is 0 Å². The molecule has 2 heteroatoms. The van der Waals surface area contributed by atoms with Crippen LogP contribution in [0.5, 0.6) is 0 Å². The van der Waals surface area contributed by atoms with E-state index in [1.807, 2.05) is 25.1 Å². The number of benzene rings is 1. The van der Waals surface area contributed by atoms with Crippen LogP contribution in [-0.2, 0) is 4.74 Å². The van der Waals surface area contributed by atoms with Crippen molar-refractivity contribution < 1.29 is 4.74 Å². The molecule has 1 rings (SSSR count). The Balaban J connectivity index is 2.66. The topological polar surface area (TPSA) is 21.6 Å². The van der Waals surface area contributed by atoms with Crippen LogP contribution in [-0.4, -0.2) is 18.9 Å². The van der Waals surface area contributed by atoms with E-state index in [0.29, 0.717) is 0 Å². The molecule has 0 aromatic heterocycles. The summed E-state index contributed by atoms with van der Waals surface area (Å²) in [7, 11) is 1.64. The van der Waals surface area contributed by atoms with Crippen LogP contribution in [0.25, 0.3) is 0 Å². The van der Waals surface area contributed by atoms with Gasteiger partial charge >= 0.3 is 0 Å². The highest BCUT2D eigenvalue weighted by Gasteiger charge is 2.04. The Bertz CT molecular complexity index is 368. The smallest absolute Gasteiger partial charge is 0.0905 e. The van der Waals surface area contributed by atoms with Gasteiger partial charge in [-0.3, -0.25) is 4.99 Å².